The molecule has 1 aliphatic heterocycles. The summed E-state index contributed by atoms with van der Waals surface area (Å²) in [6.07, 6.45) is 0. The van der Waals surface area contributed by atoms with E-state index in [0.717, 1.165) is 35.7 Å². The average Bonchev–Trinajstić information content (AvgIpc) is 2.54. The lowest BCUT2D eigenvalue weighted by Gasteiger charge is -2.32. The maximum atomic E-state index is 9.06. The Morgan fingerprint density at radius 2 is 2.00 bits per heavy atom. The fourth-order valence-electron chi connectivity index (χ4n) is 2.48. The average molecular weight is 264 g/mol. The van der Waals surface area contributed by atoms with E-state index in [1.54, 1.807) is 0 Å². The maximum absolute atomic E-state index is 9.06. The van der Waals surface area contributed by atoms with Gasteiger partial charge < -0.3 is 16.0 Å². The molecule has 1 heterocycles. The molecular weight excluding hydrogens is 248 g/mol. The topological polar surface area (TPSA) is 65.1 Å². The molecule has 0 atom stereocenters. The van der Waals surface area contributed by atoms with Gasteiger partial charge in [-0.25, -0.2) is 0 Å². The summed E-state index contributed by atoms with van der Waals surface area (Å²) in [6.45, 7) is 2.32. The molecule has 0 radical (unpaired) electrons. The number of fused-ring (bicyclic) bond motifs is 1. The highest BCUT2D eigenvalue weighted by molar-refractivity contribution is 5.79. The molecule has 2 aromatic carbocycles. The van der Waals surface area contributed by atoms with Gasteiger partial charge in [0.2, 0.25) is 0 Å². The number of nitriles is 1. The van der Waals surface area contributed by atoms with Crippen LogP contribution in [0.5, 0.6) is 0 Å². The smallest absolute Gasteiger partial charge is 0.0992 e. The maximum Gasteiger partial charge on any atom is 0.0992 e. The minimum absolute atomic E-state index is 0.553. The van der Waals surface area contributed by atoms with Crippen molar-refractivity contribution in [2.24, 2.45) is 5.73 Å². The van der Waals surface area contributed by atoms with E-state index in [4.69, 9.17) is 11.0 Å². The number of nitrogens with two attached hydrogens (primary N) is 1. The summed E-state index contributed by atoms with van der Waals surface area (Å²) in [5, 5.41) is 12.4. The highest BCUT2D eigenvalue weighted by Gasteiger charge is 2.18. The van der Waals surface area contributed by atoms with Crippen molar-refractivity contribution >= 4 is 17.1 Å². The Balaban J connectivity index is 2.01. The van der Waals surface area contributed by atoms with Crippen molar-refractivity contribution in [1.29, 1.82) is 5.26 Å². The number of hydrogen-bond donors (Lipinski definition) is 2. The van der Waals surface area contributed by atoms with Gasteiger partial charge in [-0.3, -0.25) is 0 Å². The lowest BCUT2D eigenvalue weighted by Crippen LogP contribution is -2.30. The normalized spacial score (nSPS) is 13.3. The summed E-state index contributed by atoms with van der Waals surface area (Å²) in [5.74, 6) is 0. The van der Waals surface area contributed by atoms with Crippen LogP contribution < -0.4 is 16.0 Å². The molecule has 4 nitrogen and oxygen atoms in total. The molecular formula is C16H16N4. The van der Waals surface area contributed by atoms with Crippen LogP contribution in [0.2, 0.25) is 0 Å². The van der Waals surface area contributed by atoms with Crippen molar-refractivity contribution in [3.05, 3.63) is 53.6 Å². The van der Waals surface area contributed by atoms with E-state index < -0.39 is 0 Å². The molecule has 3 rings (SSSR count). The Kier molecular flexibility index (Phi) is 3.28. The Bertz CT molecular complexity index is 655. The molecule has 0 aromatic heterocycles. The number of nitrogens with one attached hydrogen (secondary N) is 1. The van der Waals surface area contributed by atoms with E-state index in [1.165, 1.54) is 0 Å². The number of benzene rings is 2. The third-order valence-electron chi connectivity index (χ3n) is 3.55. The molecule has 0 bridgehead atoms. The highest BCUT2D eigenvalue weighted by atomic mass is 15.2. The largest absolute Gasteiger partial charge is 0.382 e. The number of anilines is 3. The lowest BCUT2D eigenvalue weighted by atomic mass is 10.1. The Labute approximate surface area is 118 Å². The van der Waals surface area contributed by atoms with Gasteiger partial charge in [-0.05, 0) is 35.9 Å². The third-order valence-corrected chi connectivity index (χ3v) is 3.55. The van der Waals surface area contributed by atoms with Crippen molar-refractivity contribution < 1.29 is 0 Å². The lowest BCUT2D eigenvalue weighted by molar-refractivity contribution is 0.925. The Morgan fingerprint density at radius 3 is 2.70 bits per heavy atom. The molecule has 3 N–H and O–H groups in total. The van der Waals surface area contributed by atoms with E-state index in [9.17, 15) is 0 Å². The molecule has 4 heteroatoms. The second-order valence-corrected chi connectivity index (χ2v) is 4.79. The number of hydrogen-bond acceptors (Lipinski definition) is 4. The van der Waals surface area contributed by atoms with Crippen molar-refractivity contribution in [2.45, 2.75) is 6.54 Å². The monoisotopic (exact) mass is 264 g/mol. The van der Waals surface area contributed by atoms with E-state index in [-0.39, 0.29) is 0 Å². The Hall–Kier alpha value is -2.51. The standard InChI is InChI=1S/C16H16N4/c17-10-12-1-4-14(5-2-12)20-8-7-19-15-6-3-13(11-18)9-16(15)20/h1-6,9,19H,7-8,10,17H2. The second kappa shape index (κ2) is 5.24. The van der Waals surface area contributed by atoms with Crippen LogP contribution in [0.1, 0.15) is 11.1 Å². The van der Waals surface area contributed by atoms with Crippen LogP contribution in [0.4, 0.5) is 17.1 Å². The zero-order chi connectivity index (χ0) is 13.9. The quantitative estimate of drug-likeness (QED) is 0.875. The fraction of sp³-hybridized carbons (Fsp3) is 0.188. The van der Waals surface area contributed by atoms with Gasteiger partial charge in [0.25, 0.3) is 0 Å². The summed E-state index contributed by atoms with van der Waals surface area (Å²) in [7, 11) is 0. The molecule has 0 fully saturated rings. The van der Waals surface area contributed by atoms with E-state index in [2.05, 4.69) is 28.4 Å². The molecule has 0 unspecified atom stereocenters. The molecule has 20 heavy (non-hydrogen) atoms. The van der Waals surface area contributed by atoms with Gasteiger partial charge in [0.05, 0.1) is 23.0 Å². The van der Waals surface area contributed by atoms with Crippen molar-refractivity contribution in [3.63, 3.8) is 0 Å². The molecule has 2 aromatic rings. The first kappa shape index (κ1) is 12.5. The molecule has 0 aliphatic carbocycles. The first-order valence-electron chi connectivity index (χ1n) is 6.66. The summed E-state index contributed by atoms with van der Waals surface area (Å²) >= 11 is 0. The molecule has 0 saturated carbocycles. The van der Waals surface area contributed by atoms with Gasteiger partial charge in [0, 0.05) is 25.3 Å². The fourth-order valence-corrected chi connectivity index (χ4v) is 2.48. The van der Waals surface area contributed by atoms with Crippen LogP contribution >= 0.6 is 0 Å². The van der Waals surface area contributed by atoms with Crippen LogP contribution in [0.15, 0.2) is 42.5 Å². The minimum atomic E-state index is 0.553. The second-order valence-electron chi connectivity index (χ2n) is 4.79. The Morgan fingerprint density at radius 1 is 1.20 bits per heavy atom. The van der Waals surface area contributed by atoms with Gasteiger partial charge in [-0.1, -0.05) is 12.1 Å². The molecule has 0 amide bonds. The first-order chi connectivity index (χ1) is 9.81. The van der Waals surface area contributed by atoms with Crippen LogP contribution in [-0.2, 0) is 6.54 Å². The predicted molar refractivity (Wildman–Crippen MR) is 81.0 cm³/mol. The third kappa shape index (κ3) is 2.20. The predicted octanol–water partition coefficient (Wildman–Crippen LogP) is 2.58. The molecule has 1 aliphatic rings. The SMILES string of the molecule is N#Cc1ccc2c(c1)N(c1ccc(CN)cc1)CCN2. The zero-order valence-corrected chi connectivity index (χ0v) is 11.1. The van der Waals surface area contributed by atoms with Crippen molar-refractivity contribution in [3.8, 4) is 6.07 Å². The highest BCUT2D eigenvalue weighted by Crippen LogP contribution is 2.35. The van der Waals surface area contributed by atoms with Crippen molar-refractivity contribution in [2.75, 3.05) is 23.3 Å². The van der Waals surface area contributed by atoms with E-state index >= 15 is 0 Å². The molecule has 0 saturated heterocycles. The van der Waals surface area contributed by atoms with Crippen molar-refractivity contribution in [1.82, 2.24) is 0 Å². The van der Waals surface area contributed by atoms with Gasteiger partial charge >= 0.3 is 0 Å². The summed E-state index contributed by atoms with van der Waals surface area (Å²) in [6, 6.07) is 16.2. The van der Waals surface area contributed by atoms with E-state index in [1.807, 2.05) is 30.3 Å². The molecule has 0 spiro atoms. The summed E-state index contributed by atoms with van der Waals surface area (Å²) < 4.78 is 0. The van der Waals surface area contributed by atoms with Gasteiger partial charge in [-0.2, -0.15) is 5.26 Å². The van der Waals surface area contributed by atoms with Gasteiger partial charge in [-0.15, -0.1) is 0 Å². The summed E-state index contributed by atoms with van der Waals surface area (Å²) in [4.78, 5) is 2.23. The van der Waals surface area contributed by atoms with E-state index in [0.29, 0.717) is 12.1 Å². The van der Waals surface area contributed by atoms with Gasteiger partial charge in [0.1, 0.15) is 0 Å². The first-order valence-corrected chi connectivity index (χ1v) is 6.66. The summed E-state index contributed by atoms with van der Waals surface area (Å²) in [5.41, 5.74) is 10.7. The number of rotatable bonds is 2. The minimum Gasteiger partial charge on any atom is -0.382 e. The van der Waals surface area contributed by atoms with Gasteiger partial charge in [0.15, 0.2) is 0 Å². The van der Waals surface area contributed by atoms with Crippen LogP contribution in [0, 0.1) is 11.3 Å². The zero-order valence-electron chi connectivity index (χ0n) is 11.1. The molecule has 100 valence electrons. The number of nitrogens with zero attached hydrogens (tertiary/aromatic N) is 2. The van der Waals surface area contributed by atoms with Crippen LogP contribution in [0.3, 0.4) is 0 Å². The van der Waals surface area contributed by atoms with Crippen LogP contribution in [-0.4, -0.2) is 13.1 Å². The van der Waals surface area contributed by atoms with Crippen LogP contribution in [0.25, 0.3) is 0 Å².